The Hall–Kier alpha value is -2.43. The third-order valence-electron chi connectivity index (χ3n) is 7.70. The number of ether oxygens (including phenoxy) is 1. The van der Waals surface area contributed by atoms with E-state index in [0.717, 1.165) is 11.3 Å². The predicted molar refractivity (Wildman–Crippen MR) is 151 cm³/mol. The van der Waals surface area contributed by atoms with Crippen molar-refractivity contribution >= 4 is 11.8 Å². The molecule has 3 nitrogen and oxygen atoms in total. The summed E-state index contributed by atoms with van der Waals surface area (Å²) < 4.78 is 6.13. The molecule has 0 aromatic heterocycles. The molecular formula is C32H39NO2S. The summed E-state index contributed by atoms with van der Waals surface area (Å²) in [5, 5.41) is 10.2. The van der Waals surface area contributed by atoms with E-state index in [1.54, 1.807) is 6.07 Å². The van der Waals surface area contributed by atoms with Crippen LogP contribution in [0.5, 0.6) is 11.5 Å². The SMILES string of the molecule is Oc1ccc2c(c1)[C@H](c1ccc(SCCCCCCCN3CCCC3)cc1)[C@H](c1ccccc1)CO2. The standard InChI is InChI=1S/C32H39NO2S/c34-27-15-18-31-29(23-27)32(30(24-35-31)25-11-5-4-6-12-25)26-13-16-28(17-14-26)36-22-10-3-1-2-7-19-33-20-8-9-21-33/h4-6,11-18,23,30,32,34H,1-3,7-10,19-22,24H2/t30-,32-/m0/s1. The van der Waals surface area contributed by atoms with E-state index < -0.39 is 0 Å². The van der Waals surface area contributed by atoms with E-state index in [4.69, 9.17) is 4.74 Å². The Balaban J connectivity index is 1.16. The van der Waals surface area contributed by atoms with Gasteiger partial charge in [0.15, 0.2) is 0 Å². The van der Waals surface area contributed by atoms with Gasteiger partial charge in [-0.1, -0.05) is 61.7 Å². The number of nitrogens with zero attached hydrogens (tertiary/aromatic N) is 1. The van der Waals surface area contributed by atoms with Crippen LogP contribution >= 0.6 is 11.8 Å². The second-order valence-electron chi connectivity index (χ2n) is 10.3. The van der Waals surface area contributed by atoms with Crippen LogP contribution in [0.15, 0.2) is 77.7 Å². The molecule has 4 heteroatoms. The van der Waals surface area contributed by atoms with Gasteiger partial charge in [-0.05, 0) is 92.5 Å². The van der Waals surface area contributed by atoms with Gasteiger partial charge in [0.05, 0.1) is 6.61 Å². The number of fused-ring (bicyclic) bond motifs is 1. The molecule has 36 heavy (non-hydrogen) atoms. The largest absolute Gasteiger partial charge is 0.508 e. The van der Waals surface area contributed by atoms with Crippen molar-refractivity contribution < 1.29 is 9.84 Å². The van der Waals surface area contributed by atoms with Gasteiger partial charge in [0.25, 0.3) is 0 Å². The van der Waals surface area contributed by atoms with Crippen molar-refractivity contribution in [1.29, 1.82) is 0 Å². The van der Waals surface area contributed by atoms with E-state index in [2.05, 4.69) is 59.5 Å². The lowest BCUT2D eigenvalue weighted by atomic mass is 9.76. The van der Waals surface area contributed by atoms with E-state index in [1.807, 2.05) is 23.9 Å². The fourth-order valence-electron chi connectivity index (χ4n) is 5.74. The maximum atomic E-state index is 10.2. The maximum Gasteiger partial charge on any atom is 0.123 e. The van der Waals surface area contributed by atoms with Gasteiger partial charge < -0.3 is 14.7 Å². The number of unbranched alkanes of at least 4 members (excludes halogenated alkanes) is 4. The molecular weight excluding hydrogens is 462 g/mol. The number of rotatable bonds is 11. The van der Waals surface area contributed by atoms with Crippen LogP contribution in [0.4, 0.5) is 0 Å². The van der Waals surface area contributed by atoms with Crippen LogP contribution in [0.3, 0.4) is 0 Å². The Labute approximate surface area is 220 Å². The lowest BCUT2D eigenvalue weighted by molar-refractivity contribution is 0.248. The maximum absolute atomic E-state index is 10.2. The van der Waals surface area contributed by atoms with Gasteiger partial charge >= 0.3 is 0 Å². The number of benzene rings is 3. The highest BCUT2D eigenvalue weighted by Crippen LogP contribution is 2.47. The van der Waals surface area contributed by atoms with Crippen molar-refractivity contribution in [2.75, 3.05) is 32.0 Å². The summed E-state index contributed by atoms with van der Waals surface area (Å²) in [4.78, 5) is 3.97. The third kappa shape index (κ3) is 6.46. The van der Waals surface area contributed by atoms with Crippen LogP contribution in [-0.4, -0.2) is 42.0 Å². The minimum absolute atomic E-state index is 0.155. The second kappa shape index (κ2) is 12.7. The summed E-state index contributed by atoms with van der Waals surface area (Å²) in [5.74, 6) is 2.72. The minimum atomic E-state index is 0.155. The molecule has 190 valence electrons. The first kappa shape index (κ1) is 25.2. The normalized spacial score (nSPS) is 19.7. The molecule has 0 saturated carbocycles. The number of phenolic OH excluding ortho intramolecular Hbond substituents is 1. The highest BCUT2D eigenvalue weighted by atomic mass is 32.2. The van der Waals surface area contributed by atoms with Crippen molar-refractivity contribution in [3.63, 3.8) is 0 Å². The lowest BCUT2D eigenvalue weighted by Gasteiger charge is -2.34. The lowest BCUT2D eigenvalue weighted by Crippen LogP contribution is -2.25. The van der Waals surface area contributed by atoms with E-state index in [9.17, 15) is 5.11 Å². The topological polar surface area (TPSA) is 32.7 Å². The Bertz CT molecular complexity index is 1080. The van der Waals surface area contributed by atoms with Crippen molar-refractivity contribution in [2.45, 2.75) is 61.7 Å². The van der Waals surface area contributed by atoms with Gasteiger partial charge in [0.1, 0.15) is 11.5 Å². The monoisotopic (exact) mass is 501 g/mol. The smallest absolute Gasteiger partial charge is 0.123 e. The van der Waals surface area contributed by atoms with Crippen LogP contribution in [0.2, 0.25) is 0 Å². The molecule has 1 fully saturated rings. The summed E-state index contributed by atoms with van der Waals surface area (Å²) >= 11 is 1.97. The van der Waals surface area contributed by atoms with E-state index in [1.165, 1.54) is 86.4 Å². The molecule has 0 amide bonds. The van der Waals surface area contributed by atoms with E-state index in [-0.39, 0.29) is 11.8 Å². The molecule has 2 heterocycles. The average Bonchev–Trinajstić information content (AvgIpc) is 3.44. The van der Waals surface area contributed by atoms with E-state index >= 15 is 0 Å². The van der Waals surface area contributed by atoms with Crippen LogP contribution in [0, 0.1) is 0 Å². The van der Waals surface area contributed by atoms with Crippen molar-refractivity contribution in [2.24, 2.45) is 0 Å². The molecule has 1 N–H and O–H groups in total. The molecule has 2 aliphatic rings. The fraction of sp³-hybridized carbons (Fsp3) is 0.438. The van der Waals surface area contributed by atoms with Gasteiger partial charge in [-0.3, -0.25) is 0 Å². The molecule has 0 bridgehead atoms. The van der Waals surface area contributed by atoms with Crippen molar-refractivity contribution in [1.82, 2.24) is 4.90 Å². The number of thioether (sulfide) groups is 1. The number of phenols is 1. The Morgan fingerprint density at radius 3 is 2.36 bits per heavy atom. The average molecular weight is 502 g/mol. The highest BCUT2D eigenvalue weighted by Gasteiger charge is 2.33. The fourth-order valence-corrected chi connectivity index (χ4v) is 6.65. The minimum Gasteiger partial charge on any atom is -0.508 e. The second-order valence-corrected chi connectivity index (χ2v) is 11.4. The van der Waals surface area contributed by atoms with Crippen molar-refractivity contribution in [3.8, 4) is 11.5 Å². The molecule has 3 aromatic carbocycles. The van der Waals surface area contributed by atoms with Gasteiger partial charge in [-0.25, -0.2) is 0 Å². The molecule has 0 spiro atoms. The summed E-state index contributed by atoms with van der Waals surface area (Å²) in [7, 11) is 0. The van der Waals surface area contributed by atoms with E-state index in [0.29, 0.717) is 12.4 Å². The van der Waals surface area contributed by atoms with Gasteiger partial charge in [0.2, 0.25) is 0 Å². The predicted octanol–water partition coefficient (Wildman–Crippen LogP) is 7.84. The van der Waals surface area contributed by atoms with Gasteiger partial charge in [-0.2, -0.15) is 0 Å². The molecule has 1 saturated heterocycles. The zero-order valence-electron chi connectivity index (χ0n) is 21.3. The summed E-state index contributed by atoms with van der Waals surface area (Å²) in [5.41, 5.74) is 3.62. The van der Waals surface area contributed by atoms with Gasteiger partial charge in [0, 0.05) is 22.3 Å². The van der Waals surface area contributed by atoms with Crippen LogP contribution < -0.4 is 4.74 Å². The third-order valence-corrected chi connectivity index (χ3v) is 8.80. The number of hydrogen-bond donors (Lipinski definition) is 1. The van der Waals surface area contributed by atoms with Crippen LogP contribution in [0.25, 0.3) is 0 Å². The summed E-state index contributed by atoms with van der Waals surface area (Å²) in [6.45, 7) is 4.60. The first-order valence-electron chi connectivity index (χ1n) is 13.7. The zero-order valence-corrected chi connectivity index (χ0v) is 22.1. The Morgan fingerprint density at radius 1 is 0.806 bits per heavy atom. The first-order valence-corrected chi connectivity index (χ1v) is 14.7. The molecule has 0 radical (unpaired) electrons. The summed E-state index contributed by atoms with van der Waals surface area (Å²) in [6, 6.07) is 25.2. The number of aromatic hydroxyl groups is 1. The number of likely N-dealkylation sites (tertiary alicyclic amines) is 1. The molecule has 5 rings (SSSR count). The Morgan fingerprint density at radius 2 is 1.56 bits per heavy atom. The zero-order chi connectivity index (χ0) is 24.6. The molecule has 0 aliphatic carbocycles. The van der Waals surface area contributed by atoms with Crippen LogP contribution in [-0.2, 0) is 0 Å². The molecule has 0 unspecified atom stereocenters. The Kier molecular flexibility index (Phi) is 8.90. The molecule has 2 aliphatic heterocycles. The van der Waals surface area contributed by atoms with Gasteiger partial charge in [-0.15, -0.1) is 11.8 Å². The molecule has 2 atom stereocenters. The quantitative estimate of drug-likeness (QED) is 0.214. The van der Waals surface area contributed by atoms with Crippen LogP contribution in [0.1, 0.15) is 73.5 Å². The first-order chi connectivity index (χ1) is 17.8. The number of hydrogen-bond acceptors (Lipinski definition) is 4. The molecule has 3 aromatic rings. The summed E-state index contributed by atoms with van der Waals surface area (Å²) in [6.07, 6.45) is 9.54. The highest BCUT2D eigenvalue weighted by molar-refractivity contribution is 7.99. The van der Waals surface area contributed by atoms with Crippen molar-refractivity contribution in [3.05, 3.63) is 89.5 Å².